The van der Waals surface area contributed by atoms with E-state index in [1.165, 1.54) is 12.0 Å². The molecule has 154 valence electrons. The molecule has 0 unspecified atom stereocenters. The number of methoxy groups -OCH3 is 1. The number of nitrogens with one attached hydrogen (secondary N) is 1. The van der Waals surface area contributed by atoms with Gasteiger partial charge in [-0.15, -0.1) is 11.3 Å². The van der Waals surface area contributed by atoms with E-state index in [-0.39, 0.29) is 49.8 Å². The molecule has 1 aromatic heterocycles. The van der Waals surface area contributed by atoms with Gasteiger partial charge in [0.05, 0.1) is 24.6 Å². The second-order valence-corrected chi connectivity index (χ2v) is 8.38. The molecule has 0 aliphatic carbocycles. The Morgan fingerprint density at radius 3 is 2.69 bits per heavy atom. The van der Waals surface area contributed by atoms with Gasteiger partial charge in [-0.05, 0) is 36.4 Å². The molecule has 0 bridgehead atoms. The van der Waals surface area contributed by atoms with Gasteiger partial charge in [0.2, 0.25) is 17.7 Å². The number of aryl methyl sites for hydroxylation is 1. The lowest BCUT2D eigenvalue weighted by molar-refractivity contribution is -0.141. The molecule has 2 heterocycles. The fourth-order valence-corrected chi connectivity index (χ4v) is 4.67. The zero-order valence-corrected chi connectivity index (χ0v) is 17.8. The van der Waals surface area contributed by atoms with E-state index in [1.54, 1.807) is 11.3 Å². The van der Waals surface area contributed by atoms with Crippen LogP contribution in [0.5, 0.6) is 0 Å². The number of ether oxygens (including phenoxy) is 1. The van der Waals surface area contributed by atoms with E-state index in [0.29, 0.717) is 0 Å². The molecule has 3 rings (SSSR count). The molecule has 1 aromatic carbocycles. The van der Waals surface area contributed by atoms with Crippen molar-refractivity contribution in [1.29, 1.82) is 0 Å². The fraction of sp³-hybridized carbons (Fsp3) is 0.409. The Morgan fingerprint density at radius 2 is 2.03 bits per heavy atom. The largest absolute Gasteiger partial charge is 0.383 e. The van der Waals surface area contributed by atoms with E-state index in [1.807, 2.05) is 55.6 Å². The number of amides is 3. The van der Waals surface area contributed by atoms with Crippen molar-refractivity contribution in [2.75, 3.05) is 20.3 Å². The molecular weight excluding hydrogens is 388 g/mol. The van der Waals surface area contributed by atoms with Crippen LogP contribution in [0, 0.1) is 6.92 Å². The Hall–Kier alpha value is -2.51. The predicted octanol–water partition coefficient (Wildman–Crippen LogP) is 2.97. The van der Waals surface area contributed by atoms with Crippen molar-refractivity contribution in [3.8, 4) is 0 Å². The van der Waals surface area contributed by atoms with Gasteiger partial charge in [0, 0.05) is 24.8 Å². The van der Waals surface area contributed by atoms with Crippen LogP contribution in [0.25, 0.3) is 0 Å². The van der Waals surface area contributed by atoms with Crippen LogP contribution in [-0.4, -0.2) is 42.9 Å². The third kappa shape index (κ3) is 4.26. The van der Waals surface area contributed by atoms with Crippen molar-refractivity contribution in [3.63, 3.8) is 0 Å². The van der Waals surface area contributed by atoms with Gasteiger partial charge in [-0.1, -0.05) is 30.3 Å². The fourth-order valence-electron chi connectivity index (χ4n) is 3.94. The van der Waals surface area contributed by atoms with Crippen LogP contribution in [0.1, 0.15) is 41.8 Å². The molecule has 2 aromatic rings. The highest BCUT2D eigenvalue weighted by Crippen LogP contribution is 2.41. The molecule has 6 nitrogen and oxygen atoms in total. The van der Waals surface area contributed by atoms with Gasteiger partial charge in [-0.25, -0.2) is 0 Å². The van der Waals surface area contributed by atoms with E-state index in [2.05, 4.69) is 5.32 Å². The minimum absolute atomic E-state index is 0.0127. The minimum atomic E-state index is -1.19. The number of carbonyl (C=O) groups excluding carboxylic acids is 3. The molecular formula is C22H26N2O4S. The maximum absolute atomic E-state index is 13.4. The van der Waals surface area contributed by atoms with Crippen LogP contribution in [0.4, 0.5) is 0 Å². The second kappa shape index (κ2) is 8.88. The van der Waals surface area contributed by atoms with Crippen molar-refractivity contribution in [2.45, 2.75) is 38.1 Å². The van der Waals surface area contributed by atoms with E-state index in [4.69, 9.17) is 4.74 Å². The quantitative estimate of drug-likeness (QED) is 0.674. The Kier molecular flexibility index (Phi) is 6.49. The lowest BCUT2D eigenvalue weighted by Gasteiger charge is -2.29. The average Bonchev–Trinajstić information content (AvgIpc) is 3.29. The summed E-state index contributed by atoms with van der Waals surface area (Å²) in [5, 5.41) is 4.94. The highest BCUT2D eigenvalue weighted by molar-refractivity contribution is 7.10. The third-order valence-electron chi connectivity index (χ3n) is 5.40. The maximum Gasteiger partial charge on any atom is 0.240 e. The van der Waals surface area contributed by atoms with Crippen molar-refractivity contribution >= 4 is 29.1 Å². The lowest BCUT2D eigenvalue weighted by atomic mass is 9.74. The standard InChI is InChI=1S/C22H26N2O4S/c1-15-7-4-5-8-17(15)22(14-20(26)24(21(22)27)10-11-28-3)13-19(25)23-16(2)18-9-6-12-29-18/h4-9,12,16H,10-11,13-14H2,1-3H3,(H,23,25)/t16-,22-/m1/s1. The van der Waals surface area contributed by atoms with Crippen molar-refractivity contribution in [1.82, 2.24) is 10.2 Å². The Labute approximate surface area is 174 Å². The summed E-state index contributed by atoms with van der Waals surface area (Å²) in [7, 11) is 1.53. The van der Waals surface area contributed by atoms with Crippen LogP contribution >= 0.6 is 11.3 Å². The number of likely N-dealkylation sites (tertiary alicyclic amines) is 1. The molecule has 0 spiro atoms. The summed E-state index contributed by atoms with van der Waals surface area (Å²) in [6.07, 6.45) is -0.0805. The van der Waals surface area contributed by atoms with Gasteiger partial charge in [-0.2, -0.15) is 0 Å². The van der Waals surface area contributed by atoms with Crippen molar-refractivity contribution < 1.29 is 19.1 Å². The molecule has 1 fully saturated rings. The molecule has 2 atom stereocenters. The van der Waals surface area contributed by atoms with Crippen molar-refractivity contribution in [3.05, 3.63) is 57.8 Å². The highest BCUT2D eigenvalue weighted by Gasteiger charge is 2.54. The number of thiophene rings is 1. The summed E-state index contributed by atoms with van der Waals surface area (Å²) in [5.41, 5.74) is 0.439. The molecule has 3 amide bonds. The minimum Gasteiger partial charge on any atom is -0.383 e. The van der Waals surface area contributed by atoms with E-state index in [9.17, 15) is 14.4 Å². The monoisotopic (exact) mass is 414 g/mol. The number of carbonyl (C=O) groups is 3. The van der Waals surface area contributed by atoms with Gasteiger partial charge < -0.3 is 10.1 Å². The van der Waals surface area contributed by atoms with E-state index >= 15 is 0 Å². The topological polar surface area (TPSA) is 75.7 Å². The van der Waals surface area contributed by atoms with Gasteiger partial charge >= 0.3 is 0 Å². The molecule has 29 heavy (non-hydrogen) atoms. The molecule has 7 heteroatoms. The van der Waals surface area contributed by atoms with Crippen LogP contribution in [0.2, 0.25) is 0 Å². The summed E-state index contributed by atoms with van der Waals surface area (Å²) in [6, 6.07) is 11.2. The number of imide groups is 1. The van der Waals surface area contributed by atoms with Gasteiger partial charge in [0.1, 0.15) is 0 Å². The smallest absolute Gasteiger partial charge is 0.240 e. The first-order valence-corrected chi connectivity index (χ1v) is 10.5. The summed E-state index contributed by atoms with van der Waals surface area (Å²) in [6.45, 7) is 4.27. The average molecular weight is 415 g/mol. The first-order chi connectivity index (χ1) is 13.9. The lowest BCUT2D eigenvalue weighted by Crippen LogP contribution is -2.43. The first-order valence-electron chi connectivity index (χ1n) is 9.61. The van der Waals surface area contributed by atoms with Gasteiger partial charge in [-0.3, -0.25) is 19.3 Å². The SMILES string of the molecule is COCCN1C(=O)C[C@](CC(=O)N[C@H](C)c2cccs2)(c2ccccc2C)C1=O. The second-order valence-electron chi connectivity index (χ2n) is 7.40. The zero-order valence-electron chi connectivity index (χ0n) is 16.9. The Bertz CT molecular complexity index is 896. The molecule has 0 saturated carbocycles. The summed E-state index contributed by atoms with van der Waals surface area (Å²) in [5.74, 6) is -0.842. The predicted molar refractivity (Wildman–Crippen MR) is 112 cm³/mol. The van der Waals surface area contributed by atoms with Gasteiger partial charge in [0.15, 0.2) is 0 Å². The summed E-state index contributed by atoms with van der Waals surface area (Å²) in [4.78, 5) is 41.3. The number of hydrogen-bond donors (Lipinski definition) is 1. The first kappa shape index (κ1) is 21.2. The van der Waals surface area contributed by atoms with E-state index in [0.717, 1.165) is 16.0 Å². The number of rotatable bonds is 8. The summed E-state index contributed by atoms with van der Waals surface area (Å²) >= 11 is 1.57. The normalized spacial score (nSPS) is 20.2. The maximum atomic E-state index is 13.4. The Morgan fingerprint density at radius 1 is 1.28 bits per heavy atom. The van der Waals surface area contributed by atoms with Crippen LogP contribution < -0.4 is 5.32 Å². The molecule has 1 N–H and O–H groups in total. The van der Waals surface area contributed by atoms with E-state index < -0.39 is 5.41 Å². The van der Waals surface area contributed by atoms with Gasteiger partial charge in [0.25, 0.3) is 0 Å². The van der Waals surface area contributed by atoms with Crippen molar-refractivity contribution in [2.24, 2.45) is 0 Å². The molecule has 1 saturated heterocycles. The number of nitrogens with zero attached hydrogens (tertiary/aromatic N) is 1. The van der Waals surface area contributed by atoms with Crippen LogP contribution in [-0.2, 0) is 24.5 Å². The summed E-state index contributed by atoms with van der Waals surface area (Å²) < 4.78 is 5.05. The Balaban J connectivity index is 1.90. The molecule has 1 aliphatic rings. The highest BCUT2D eigenvalue weighted by atomic mass is 32.1. The van der Waals surface area contributed by atoms with Crippen LogP contribution in [0.3, 0.4) is 0 Å². The third-order valence-corrected chi connectivity index (χ3v) is 6.45. The van der Waals surface area contributed by atoms with Crippen LogP contribution in [0.15, 0.2) is 41.8 Å². The zero-order chi connectivity index (χ0) is 21.0. The number of hydrogen-bond acceptors (Lipinski definition) is 5. The number of benzene rings is 1. The molecule has 1 aliphatic heterocycles. The molecule has 0 radical (unpaired) electrons.